The van der Waals surface area contributed by atoms with Crippen molar-refractivity contribution in [3.05, 3.63) is 0 Å². The van der Waals surface area contributed by atoms with Crippen molar-refractivity contribution in [1.82, 2.24) is 0 Å². The Morgan fingerprint density at radius 1 is 1.42 bits per heavy atom. The minimum Gasteiger partial charge on any atom is -0.374 e. The lowest BCUT2D eigenvalue weighted by atomic mass is 9.80. The maximum absolute atomic E-state index is 5.87. The first-order chi connectivity index (χ1) is 5.62. The number of hydrogen-bond acceptors (Lipinski definition) is 1. The van der Waals surface area contributed by atoms with Gasteiger partial charge >= 0.3 is 0 Å². The van der Waals surface area contributed by atoms with Gasteiger partial charge in [0, 0.05) is 11.9 Å². The van der Waals surface area contributed by atoms with Crippen molar-refractivity contribution < 1.29 is 4.74 Å². The van der Waals surface area contributed by atoms with Crippen LogP contribution in [0.4, 0.5) is 0 Å². The monoisotopic (exact) mass is 234 g/mol. The second-order valence-corrected chi connectivity index (χ2v) is 4.74. The van der Waals surface area contributed by atoms with Gasteiger partial charge in [-0.1, -0.05) is 36.7 Å². The van der Waals surface area contributed by atoms with E-state index in [2.05, 4.69) is 36.7 Å². The molecule has 1 fully saturated rings. The van der Waals surface area contributed by atoms with E-state index in [-0.39, 0.29) is 5.60 Å². The van der Waals surface area contributed by atoms with E-state index in [1.165, 1.54) is 12.8 Å². The van der Waals surface area contributed by atoms with Gasteiger partial charge in [0.15, 0.2) is 0 Å². The van der Waals surface area contributed by atoms with E-state index < -0.39 is 0 Å². The maximum Gasteiger partial charge on any atom is 0.0807 e. The molecule has 1 nitrogen and oxygen atoms in total. The van der Waals surface area contributed by atoms with Crippen molar-refractivity contribution in [1.29, 1.82) is 0 Å². The van der Waals surface area contributed by atoms with E-state index in [0.29, 0.717) is 11.8 Å². The highest BCUT2D eigenvalue weighted by atomic mass is 79.9. The Morgan fingerprint density at radius 2 is 2.08 bits per heavy atom. The van der Waals surface area contributed by atoms with E-state index in [1.54, 1.807) is 0 Å². The first kappa shape index (κ1) is 10.5. The third kappa shape index (κ3) is 1.85. The van der Waals surface area contributed by atoms with Crippen LogP contribution in [0.1, 0.15) is 33.6 Å². The third-order valence-corrected chi connectivity index (χ3v) is 4.14. The third-order valence-electron chi connectivity index (χ3n) is 3.19. The molecule has 0 radical (unpaired) electrons. The maximum atomic E-state index is 5.87. The smallest absolute Gasteiger partial charge is 0.0807 e. The van der Waals surface area contributed by atoms with E-state index in [0.717, 1.165) is 11.9 Å². The lowest BCUT2D eigenvalue weighted by molar-refractivity contribution is -0.0326. The molecular formula is C10H19BrO. The molecule has 1 aliphatic rings. The van der Waals surface area contributed by atoms with E-state index in [9.17, 15) is 0 Å². The average Bonchev–Trinajstić information content (AvgIpc) is 2.52. The van der Waals surface area contributed by atoms with Gasteiger partial charge in [-0.15, -0.1) is 0 Å². The van der Waals surface area contributed by atoms with Gasteiger partial charge in [-0.25, -0.2) is 0 Å². The fourth-order valence-electron chi connectivity index (χ4n) is 1.91. The summed E-state index contributed by atoms with van der Waals surface area (Å²) in [4.78, 5) is 0. The Bertz CT molecular complexity index is 139. The zero-order valence-corrected chi connectivity index (χ0v) is 9.86. The summed E-state index contributed by atoms with van der Waals surface area (Å²) in [6.07, 6.45) is 2.44. The Labute approximate surface area is 84.0 Å². The van der Waals surface area contributed by atoms with Crippen LogP contribution in [-0.2, 0) is 4.74 Å². The predicted molar refractivity (Wildman–Crippen MR) is 55.7 cm³/mol. The Kier molecular flexibility index (Phi) is 3.59. The van der Waals surface area contributed by atoms with Crippen molar-refractivity contribution in [2.24, 2.45) is 11.8 Å². The van der Waals surface area contributed by atoms with E-state index >= 15 is 0 Å². The van der Waals surface area contributed by atoms with Gasteiger partial charge in [0.2, 0.25) is 0 Å². The van der Waals surface area contributed by atoms with Crippen LogP contribution in [0.2, 0.25) is 0 Å². The molecule has 2 unspecified atom stereocenters. The lowest BCUT2D eigenvalue weighted by Gasteiger charge is -2.35. The van der Waals surface area contributed by atoms with Crippen LogP contribution in [0.5, 0.6) is 0 Å². The molecule has 0 bridgehead atoms. The van der Waals surface area contributed by atoms with Crippen LogP contribution >= 0.6 is 15.9 Å². The van der Waals surface area contributed by atoms with Gasteiger partial charge in [0.1, 0.15) is 0 Å². The first-order valence-electron chi connectivity index (χ1n) is 4.82. The normalized spacial score (nSPS) is 32.8. The summed E-state index contributed by atoms with van der Waals surface area (Å²) >= 11 is 3.58. The molecule has 12 heavy (non-hydrogen) atoms. The van der Waals surface area contributed by atoms with E-state index in [1.807, 2.05) is 0 Å². The average molecular weight is 235 g/mol. The van der Waals surface area contributed by atoms with Crippen molar-refractivity contribution >= 4 is 15.9 Å². The van der Waals surface area contributed by atoms with Crippen LogP contribution in [0, 0.1) is 11.8 Å². The molecule has 72 valence electrons. The number of hydrogen-bond donors (Lipinski definition) is 0. The molecule has 1 rings (SSSR count). The standard InChI is InChI=1S/C10H19BrO/c1-8(2)9(3)10(7-11)5-4-6-12-10/h8-9H,4-7H2,1-3H3. The minimum atomic E-state index is 0.133. The molecule has 0 N–H and O–H groups in total. The zero-order valence-electron chi connectivity index (χ0n) is 8.27. The second-order valence-electron chi connectivity index (χ2n) is 4.18. The van der Waals surface area contributed by atoms with Crippen LogP contribution in [0.25, 0.3) is 0 Å². The lowest BCUT2D eigenvalue weighted by Crippen LogP contribution is -2.40. The molecule has 1 aliphatic heterocycles. The fourth-order valence-corrected chi connectivity index (χ4v) is 2.87. The van der Waals surface area contributed by atoms with Crippen molar-refractivity contribution in [2.75, 3.05) is 11.9 Å². The fraction of sp³-hybridized carbons (Fsp3) is 1.00. The van der Waals surface area contributed by atoms with Gasteiger partial charge in [0.05, 0.1) is 5.60 Å². The van der Waals surface area contributed by atoms with Crippen LogP contribution < -0.4 is 0 Å². The molecule has 0 aliphatic carbocycles. The van der Waals surface area contributed by atoms with Crippen LogP contribution in [0.15, 0.2) is 0 Å². The summed E-state index contributed by atoms with van der Waals surface area (Å²) in [5, 5.41) is 0.985. The Hall–Kier alpha value is 0.440. The summed E-state index contributed by atoms with van der Waals surface area (Å²) in [5.41, 5.74) is 0.133. The van der Waals surface area contributed by atoms with Crippen LogP contribution in [-0.4, -0.2) is 17.5 Å². The predicted octanol–water partition coefficient (Wildman–Crippen LogP) is 3.22. The summed E-state index contributed by atoms with van der Waals surface area (Å²) in [5.74, 6) is 1.36. The van der Waals surface area contributed by atoms with E-state index in [4.69, 9.17) is 4.74 Å². The molecule has 0 spiro atoms. The second kappa shape index (κ2) is 4.10. The number of halogens is 1. The number of rotatable bonds is 3. The number of ether oxygens (including phenoxy) is 1. The first-order valence-corrected chi connectivity index (χ1v) is 5.94. The summed E-state index contributed by atoms with van der Waals surface area (Å²) in [7, 11) is 0. The molecule has 0 saturated carbocycles. The Morgan fingerprint density at radius 3 is 2.42 bits per heavy atom. The van der Waals surface area contributed by atoms with Crippen molar-refractivity contribution in [3.8, 4) is 0 Å². The molecular weight excluding hydrogens is 216 g/mol. The SMILES string of the molecule is CC(C)C(C)C1(CBr)CCCO1. The van der Waals surface area contributed by atoms with Gasteiger partial charge in [-0.05, 0) is 24.7 Å². The molecule has 2 atom stereocenters. The molecule has 1 heterocycles. The summed E-state index contributed by atoms with van der Waals surface area (Å²) < 4.78 is 5.87. The molecule has 0 aromatic heterocycles. The summed E-state index contributed by atoms with van der Waals surface area (Å²) in [6.45, 7) is 7.80. The Balaban J connectivity index is 2.65. The largest absolute Gasteiger partial charge is 0.374 e. The number of alkyl halides is 1. The minimum absolute atomic E-state index is 0.133. The quantitative estimate of drug-likeness (QED) is 0.682. The zero-order chi connectivity index (χ0) is 9.19. The van der Waals surface area contributed by atoms with Crippen LogP contribution in [0.3, 0.4) is 0 Å². The molecule has 0 aromatic rings. The topological polar surface area (TPSA) is 9.23 Å². The van der Waals surface area contributed by atoms with Gasteiger partial charge in [-0.3, -0.25) is 0 Å². The molecule has 0 aromatic carbocycles. The van der Waals surface area contributed by atoms with Gasteiger partial charge in [0.25, 0.3) is 0 Å². The molecule has 0 amide bonds. The van der Waals surface area contributed by atoms with Crippen molar-refractivity contribution in [2.45, 2.75) is 39.2 Å². The molecule has 1 saturated heterocycles. The van der Waals surface area contributed by atoms with Gasteiger partial charge < -0.3 is 4.74 Å². The van der Waals surface area contributed by atoms with Gasteiger partial charge in [-0.2, -0.15) is 0 Å². The summed E-state index contributed by atoms with van der Waals surface area (Å²) in [6, 6.07) is 0. The highest BCUT2D eigenvalue weighted by Gasteiger charge is 2.40. The van der Waals surface area contributed by atoms with Crippen molar-refractivity contribution in [3.63, 3.8) is 0 Å². The highest BCUT2D eigenvalue weighted by Crippen LogP contribution is 2.38. The highest BCUT2D eigenvalue weighted by molar-refractivity contribution is 9.09. The molecule has 2 heteroatoms.